The number of benzene rings is 1. The average Bonchev–Trinajstić information content (AvgIpc) is 2.33. The molecular weight excluding hydrogens is 284 g/mol. The fourth-order valence-electron chi connectivity index (χ4n) is 2.55. The lowest BCUT2D eigenvalue weighted by Crippen LogP contribution is -2.42. The second-order valence-corrected chi connectivity index (χ2v) is 7.29. The molecule has 0 bridgehead atoms. The number of aliphatic hydroxyl groups is 1. The molecule has 4 heteroatoms. The van der Waals surface area contributed by atoms with Gasteiger partial charge in [0, 0.05) is 35.4 Å². The molecule has 0 amide bonds. The van der Waals surface area contributed by atoms with E-state index in [0.717, 1.165) is 22.8 Å². The van der Waals surface area contributed by atoms with Gasteiger partial charge in [0.2, 0.25) is 0 Å². The number of hydrogen-bond donors (Lipinski definition) is 2. The second-order valence-electron chi connectivity index (χ2n) is 6.88. The number of halogens is 1. The monoisotopic (exact) mass is 310 g/mol. The number of aliphatic hydroxyl groups excluding tert-OH is 1. The number of anilines is 1. The summed E-state index contributed by atoms with van der Waals surface area (Å²) in [5.74, 6) is 0. The van der Waals surface area contributed by atoms with Crippen LogP contribution in [0.2, 0.25) is 5.02 Å². The number of hydrogen-bond acceptors (Lipinski definition) is 3. The van der Waals surface area contributed by atoms with Crippen LogP contribution in [0.4, 0.5) is 5.69 Å². The quantitative estimate of drug-likeness (QED) is 0.843. The Balaban J connectivity index is 2.09. The molecule has 1 aliphatic rings. The van der Waals surface area contributed by atoms with Crippen molar-refractivity contribution in [1.29, 1.82) is 0 Å². The van der Waals surface area contributed by atoms with Crippen molar-refractivity contribution in [3.05, 3.63) is 28.8 Å². The largest absolute Gasteiger partial charge is 0.395 e. The van der Waals surface area contributed by atoms with Crippen LogP contribution >= 0.6 is 11.6 Å². The molecular formula is C17H27ClN2O. The lowest BCUT2D eigenvalue weighted by atomic mass is 9.91. The van der Waals surface area contributed by atoms with E-state index in [4.69, 9.17) is 11.6 Å². The van der Waals surface area contributed by atoms with Crippen molar-refractivity contribution in [2.24, 2.45) is 0 Å². The molecule has 0 unspecified atom stereocenters. The molecule has 3 nitrogen and oxygen atoms in total. The SMILES string of the molecule is CC(C)(C)NCc1ccc(N(CCO)C2CCC2)cc1Cl. The van der Waals surface area contributed by atoms with E-state index >= 15 is 0 Å². The molecule has 2 rings (SSSR count). The Hall–Kier alpha value is -0.770. The van der Waals surface area contributed by atoms with Gasteiger partial charge < -0.3 is 15.3 Å². The van der Waals surface area contributed by atoms with Crippen LogP contribution in [0.1, 0.15) is 45.6 Å². The molecule has 0 spiro atoms. The van der Waals surface area contributed by atoms with Crippen molar-refractivity contribution in [3.63, 3.8) is 0 Å². The molecule has 1 fully saturated rings. The van der Waals surface area contributed by atoms with Gasteiger partial charge in [-0.05, 0) is 57.7 Å². The highest BCUT2D eigenvalue weighted by molar-refractivity contribution is 6.31. The lowest BCUT2D eigenvalue weighted by molar-refractivity contribution is 0.283. The minimum Gasteiger partial charge on any atom is -0.395 e. The molecule has 0 atom stereocenters. The van der Waals surface area contributed by atoms with E-state index in [-0.39, 0.29) is 12.1 Å². The van der Waals surface area contributed by atoms with E-state index in [9.17, 15) is 5.11 Å². The highest BCUT2D eigenvalue weighted by Crippen LogP contribution is 2.31. The summed E-state index contributed by atoms with van der Waals surface area (Å²) in [6, 6.07) is 6.82. The van der Waals surface area contributed by atoms with Crippen LogP contribution in [0.15, 0.2) is 18.2 Å². The normalized spacial score (nSPS) is 15.9. The Morgan fingerprint density at radius 2 is 2.05 bits per heavy atom. The highest BCUT2D eigenvalue weighted by Gasteiger charge is 2.25. The zero-order chi connectivity index (χ0) is 15.5. The summed E-state index contributed by atoms with van der Waals surface area (Å²) in [5.41, 5.74) is 2.32. The molecule has 0 radical (unpaired) electrons. The molecule has 1 aromatic carbocycles. The van der Waals surface area contributed by atoms with Crippen LogP contribution < -0.4 is 10.2 Å². The van der Waals surface area contributed by atoms with E-state index in [2.05, 4.69) is 43.1 Å². The van der Waals surface area contributed by atoms with Crippen molar-refractivity contribution in [2.75, 3.05) is 18.1 Å². The Kier molecular flexibility index (Phi) is 5.53. The lowest BCUT2D eigenvalue weighted by Gasteiger charge is -2.39. The predicted octanol–water partition coefficient (Wildman–Crippen LogP) is 3.58. The first-order valence-corrected chi connectivity index (χ1v) is 8.19. The van der Waals surface area contributed by atoms with Gasteiger partial charge in [0.05, 0.1) is 6.61 Å². The fourth-order valence-corrected chi connectivity index (χ4v) is 2.79. The molecule has 0 aliphatic heterocycles. The zero-order valence-corrected chi connectivity index (χ0v) is 14.1. The summed E-state index contributed by atoms with van der Waals surface area (Å²) in [6.07, 6.45) is 3.71. The third-order valence-corrected chi connectivity index (χ3v) is 4.39. The van der Waals surface area contributed by atoms with Crippen LogP contribution in [-0.2, 0) is 6.54 Å². The number of rotatable bonds is 6. The van der Waals surface area contributed by atoms with Gasteiger partial charge in [0.1, 0.15) is 0 Å². The minimum atomic E-state index is 0.0802. The Morgan fingerprint density at radius 3 is 2.52 bits per heavy atom. The van der Waals surface area contributed by atoms with E-state index in [1.54, 1.807) is 0 Å². The fraction of sp³-hybridized carbons (Fsp3) is 0.647. The van der Waals surface area contributed by atoms with E-state index in [1.807, 2.05) is 6.07 Å². The van der Waals surface area contributed by atoms with E-state index < -0.39 is 0 Å². The summed E-state index contributed by atoms with van der Waals surface area (Å²) in [7, 11) is 0. The molecule has 1 aliphatic carbocycles. The number of nitrogens with one attached hydrogen (secondary N) is 1. The van der Waals surface area contributed by atoms with Gasteiger partial charge in [-0.15, -0.1) is 0 Å². The van der Waals surface area contributed by atoms with Crippen molar-refractivity contribution >= 4 is 17.3 Å². The van der Waals surface area contributed by atoms with Gasteiger partial charge in [-0.2, -0.15) is 0 Å². The molecule has 1 aromatic rings. The molecule has 1 saturated carbocycles. The summed E-state index contributed by atoms with van der Waals surface area (Å²) < 4.78 is 0. The first-order valence-electron chi connectivity index (χ1n) is 7.81. The van der Waals surface area contributed by atoms with Crippen molar-refractivity contribution in [3.8, 4) is 0 Å². The molecule has 118 valence electrons. The molecule has 0 aromatic heterocycles. The summed E-state index contributed by atoms with van der Waals surface area (Å²) in [5, 5.41) is 13.5. The summed E-state index contributed by atoms with van der Waals surface area (Å²) >= 11 is 6.44. The van der Waals surface area contributed by atoms with Gasteiger partial charge in [0.15, 0.2) is 0 Å². The van der Waals surface area contributed by atoms with Crippen molar-refractivity contribution in [1.82, 2.24) is 5.32 Å². The predicted molar refractivity (Wildman–Crippen MR) is 90.1 cm³/mol. The van der Waals surface area contributed by atoms with Crippen LogP contribution in [0.3, 0.4) is 0 Å². The highest BCUT2D eigenvalue weighted by atomic mass is 35.5. The van der Waals surface area contributed by atoms with E-state index in [1.165, 1.54) is 19.3 Å². The van der Waals surface area contributed by atoms with Crippen molar-refractivity contribution < 1.29 is 5.11 Å². The van der Waals surface area contributed by atoms with Crippen LogP contribution in [-0.4, -0.2) is 29.8 Å². The third kappa shape index (κ3) is 4.60. The first-order chi connectivity index (χ1) is 9.90. The molecule has 0 heterocycles. The summed E-state index contributed by atoms with van der Waals surface area (Å²) in [6.45, 7) is 8.08. The van der Waals surface area contributed by atoms with Crippen LogP contribution in [0.5, 0.6) is 0 Å². The molecule has 0 saturated heterocycles. The first kappa shape index (κ1) is 16.6. The molecule has 2 N–H and O–H groups in total. The standard InChI is InChI=1S/C17H27ClN2O/c1-17(2,3)19-12-13-7-8-15(11-16(13)18)20(9-10-21)14-5-4-6-14/h7-8,11,14,19,21H,4-6,9-10,12H2,1-3H3. The van der Waals surface area contributed by atoms with Gasteiger partial charge in [-0.3, -0.25) is 0 Å². The van der Waals surface area contributed by atoms with Gasteiger partial charge in [-0.25, -0.2) is 0 Å². The maximum absolute atomic E-state index is 9.28. The van der Waals surface area contributed by atoms with Gasteiger partial charge in [0.25, 0.3) is 0 Å². The van der Waals surface area contributed by atoms with Gasteiger partial charge in [-0.1, -0.05) is 17.7 Å². The van der Waals surface area contributed by atoms with E-state index in [0.29, 0.717) is 12.6 Å². The Bertz CT molecular complexity index is 466. The third-order valence-electron chi connectivity index (χ3n) is 4.03. The summed E-state index contributed by atoms with van der Waals surface area (Å²) in [4.78, 5) is 2.29. The smallest absolute Gasteiger partial charge is 0.0606 e. The van der Waals surface area contributed by atoms with Gasteiger partial charge >= 0.3 is 0 Å². The van der Waals surface area contributed by atoms with Crippen LogP contribution in [0.25, 0.3) is 0 Å². The maximum Gasteiger partial charge on any atom is 0.0606 e. The Labute approximate surface area is 133 Å². The Morgan fingerprint density at radius 1 is 1.33 bits per heavy atom. The number of nitrogens with zero attached hydrogens (tertiary/aromatic N) is 1. The molecule has 21 heavy (non-hydrogen) atoms. The average molecular weight is 311 g/mol. The topological polar surface area (TPSA) is 35.5 Å². The van der Waals surface area contributed by atoms with Crippen molar-refractivity contribution in [2.45, 2.75) is 58.2 Å². The van der Waals surface area contributed by atoms with Crippen LogP contribution in [0, 0.1) is 0 Å². The maximum atomic E-state index is 9.28. The second kappa shape index (κ2) is 6.99. The minimum absolute atomic E-state index is 0.0802. The zero-order valence-electron chi connectivity index (χ0n) is 13.3.